The molecule has 0 saturated heterocycles. The first-order valence-electron chi connectivity index (χ1n) is 4.24. The Bertz CT molecular complexity index is 228. The zero-order valence-corrected chi connectivity index (χ0v) is 13.4. The van der Waals surface area contributed by atoms with Gasteiger partial charge in [0.1, 0.15) is 0 Å². The minimum Gasteiger partial charge on any atom is -0.183 e. The summed E-state index contributed by atoms with van der Waals surface area (Å²) in [7, 11) is 0. The van der Waals surface area contributed by atoms with Crippen LogP contribution in [0.5, 0.6) is 0 Å². The number of rotatable bonds is 2. The fraction of sp³-hybridized carbons (Fsp3) is 0.455. The topological polar surface area (TPSA) is 0 Å². The van der Waals surface area contributed by atoms with Crippen LogP contribution >= 0.6 is 0 Å². The smallest absolute Gasteiger partial charge is 0.183 e. The van der Waals surface area contributed by atoms with Crippen molar-refractivity contribution in [3.63, 3.8) is 0 Å². The summed E-state index contributed by atoms with van der Waals surface area (Å²) in [5.74, 6) is 0.623. The third kappa shape index (κ3) is 3.82. The molecular formula is C11H15Rb. The first-order valence-corrected chi connectivity index (χ1v) is 4.24. The third-order valence-corrected chi connectivity index (χ3v) is 1.95. The number of aryl methyl sites for hydroxylation is 1. The van der Waals surface area contributed by atoms with Crippen LogP contribution in [0.4, 0.5) is 0 Å². The molecule has 0 N–H and O–H groups in total. The second kappa shape index (κ2) is 6.47. The SMILES string of the molecule is CCc1c[c-]cc(C(C)C)c1.[Rb+]. The Morgan fingerprint density at radius 1 is 1.33 bits per heavy atom. The number of hydrogen-bond acceptors (Lipinski definition) is 0. The van der Waals surface area contributed by atoms with Crippen molar-refractivity contribution in [2.24, 2.45) is 0 Å². The van der Waals surface area contributed by atoms with Gasteiger partial charge in [-0.15, -0.1) is 0 Å². The second-order valence-corrected chi connectivity index (χ2v) is 3.18. The van der Waals surface area contributed by atoms with Gasteiger partial charge >= 0.3 is 58.2 Å². The van der Waals surface area contributed by atoms with Crippen molar-refractivity contribution >= 4 is 0 Å². The van der Waals surface area contributed by atoms with Gasteiger partial charge in [0.2, 0.25) is 0 Å². The van der Waals surface area contributed by atoms with Crippen molar-refractivity contribution in [3.05, 3.63) is 35.4 Å². The summed E-state index contributed by atoms with van der Waals surface area (Å²) >= 11 is 0. The summed E-state index contributed by atoms with van der Waals surface area (Å²) in [4.78, 5) is 0. The van der Waals surface area contributed by atoms with Gasteiger partial charge in [-0.3, -0.25) is 0 Å². The Labute approximate surface area is 125 Å². The van der Waals surface area contributed by atoms with Crippen LogP contribution < -0.4 is 58.2 Å². The number of benzene rings is 1. The van der Waals surface area contributed by atoms with Gasteiger partial charge in [-0.25, -0.2) is 0 Å². The van der Waals surface area contributed by atoms with Crippen LogP contribution in [0, 0.1) is 6.07 Å². The molecule has 0 atom stereocenters. The second-order valence-electron chi connectivity index (χ2n) is 3.18. The van der Waals surface area contributed by atoms with E-state index in [2.05, 4.69) is 45.0 Å². The van der Waals surface area contributed by atoms with Gasteiger partial charge < -0.3 is 0 Å². The van der Waals surface area contributed by atoms with Crippen molar-refractivity contribution in [3.8, 4) is 0 Å². The molecule has 0 amide bonds. The van der Waals surface area contributed by atoms with Gasteiger partial charge in [-0.1, -0.05) is 33.1 Å². The van der Waals surface area contributed by atoms with Crippen LogP contribution in [0.3, 0.4) is 0 Å². The minimum absolute atomic E-state index is 0. The van der Waals surface area contributed by atoms with Gasteiger partial charge in [0, 0.05) is 0 Å². The molecule has 0 aromatic heterocycles. The summed E-state index contributed by atoms with van der Waals surface area (Å²) in [6.45, 7) is 6.60. The Kier molecular flexibility index (Phi) is 7.03. The van der Waals surface area contributed by atoms with E-state index in [1.807, 2.05) is 0 Å². The summed E-state index contributed by atoms with van der Waals surface area (Å²) in [6.07, 6.45) is 1.11. The van der Waals surface area contributed by atoms with Crippen molar-refractivity contribution in [1.29, 1.82) is 0 Å². The normalized spacial score (nSPS) is 9.67. The first-order chi connectivity index (χ1) is 5.24. The molecule has 0 heterocycles. The molecule has 0 aliphatic heterocycles. The Morgan fingerprint density at radius 2 is 2.00 bits per heavy atom. The zero-order chi connectivity index (χ0) is 8.27. The van der Waals surface area contributed by atoms with Crippen molar-refractivity contribution in [2.45, 2.75) is 33.1 Å². The molecule has 1 aromatic carbocycles. The van der Waals surface area contributed by atoms with E-state index in [0.717, 1.165) is 6.42 Å². The van der Waals surface area contributed by atoms with E-state index in [9.17, 15) is 0 Å². The van der Waals surface area contributed by atoms with Gasteiger partial charge in [0.25, 0.3) is 0 Å². The molecular weight excluding hydrogens is 218 g/mol. The van der Waals surface area contributed by atoms with E-state index in [1.54, 1.807) is 0 Å². The van der Waals surface area contributed by atoms with Crippen LogP contribution in [-0.2, 0) is 6.42 Å². The largest absolute Gasteiger partial charge is 1.00 e. The molecule has 0 aliphatic carbocycles. The van der Waals surface area contributed by atoms with Crippen LogP contribution in [0.15, 0.2) is 18.2 Å². The van der Waals surface area contributed by atoms with Gasteiger partial charge in [0.15, 0.2) is 0 Å². The maximum absolute atomic E-state index is 3.16. The average Bonchev–Trinajstić information content (AvgIpc) is 2.05. The monoisotopic (exact) mass is 232 g/mol. The molecule has 60 valence electrons. The standard InChI is InChI=1S/C11H15.Rb/c1-4-10-6-5-7-11(8-10)9(2)3;/h6-9H,4H2,1-3H3;/q-1;+1. The Hall–Kier alpha value is 1.03. The van der Waals surface area contributed by atoms with Crippen LogP contribution in [0.25, 0.3) is 0 Å². The summed E-state index contributed by atoms with van der Waals surface area (Å²) in [6, 6.07) is 9.56. The van der Waals surface area contributed by atoms with E-state index in [-0.39, 0.29) is 58.2 Å². The average molecular weight is 233 g/mol. The molecule has 0 fully saturated rings. The molecule has 1 rings (SSSR count). The molecule has 1 aromatic rings. The van der Waals surface area contributed by atoms with E-state index < -0.39 is 0 Å². The van der Waals surface area contributed by atoms with E-state index in [1.165, 1.54) is 11.1 Å². The van der Waals surface area contributed by atoms with Crippen molar-refractivity contribution in [1.82, 2.24) is 0 Å². The number of hydrogen-bond donors (Lipinski definition) is 0. The molecule has 0 saturated carbocycles. The maximum atomic E-state index is 3.16. The Morgan fingerprint density at radius 3 is 2.50 bits per heavy atom. The fourth-order valence-corrected chi connectivity index (χ4v) is 1.08. The van der Waals surface area contributed by atoms with Crippen LogP contribution in [-0.4, -0.2) is 0 Å². The predicted octanol–water partition coefficient (Wildman–Crippen LogP) is 0.177. The summed E-state index contributed by atoms with van der Waals surface area (Å²) < 4.78 is 0. The molecule has 0 bridgehead atoms. The summed E-state index contributed by atoms with van der Waals surface area (Å²) in [5, 5.41) is 0. The van der Waals surface area contributed by atoms with E-state index in [4.69, 9.17) is 0 Å². The first kappa shape index (κ1) is 13.0. The minimum atomic E-state index is 0. The predicted molar refractivity (Wildman–Crippen MR) is 48.7 cm³/mol. The Balaban J connectivity index is 0.00000121. The van der Waals surface area contributed by atoms with Gasteiger partial charge in [-0.05, 0) is 0 Å². The van der Waals surface area contributed by atoms with Crippen molar-refractivity contribution in [2.75, 3.05) is 0 Å². The molecule has 0 spiro atoms. The van der Waals surface area contributed by atoms with Crippen LogP contribution in [0.2, 0.25) is 0 Å². The van der Waals surface area contributed by atoms with E-state index in [0.29, 0.717) is 5.92 Å². The van der Waals surface area contributed by atoms with E-state index >= 15 is 0 Å². The van der Waals surface area contributed by atoms with Gasteiger partial charge in [0.05, 0.1) is 0 Å². The fourth-order valence-electron chi connectivity index (χ4n) is 1.08. The summed E-state index contributed by atoms with van der Waals surface area (Å²) in [5.41, 5.74) is 2.78. The van der Waals surface area contributed by atoms with Crippen molar-refractivity contribution < 1.29 is 58.2 Å². The molecule has 0 unspecified atom stereocenters. The molecule has 0 nitrogen and oxygen atoms in total. The molecule has 1 heteroatoms. The van der Waals surface area contributed by atoms with Crippen LogP contribution in [0.1, 0.15) is 37.8 Å². The van der Waals surface area contributed by atoms with Gasteiger partial charge in [-0.2, -0.15) is 35.4 Å². The maximum Gasteiger partial charge on any atom is 1.00 e. The quantitative estimate of drug-likeness (QED) is 0.639. The molecule has 12 heavy (non-hydrogen) atoms. The molecule has 0 radical (unpaired) electrons. The molecule has 0 aliphatic rings. The third-order valence-electron chi connectivity index (χ3n) is 1.95. The zero-order valence-electron chi connectivity index (χ0n) is 8.52.